The lowest BCUT2D eigenvalue weighted by atomic mass is 10.2. The molecule has 0 radical (unpaired) electrons. The third-order valence-corrected chi connectivity index (χ3v) is 21.5. The van der Waals surface area contributed by atoms with E-state index in [9.17, 15) is 55.6 Å². The molecule has 3 heterocycles. The maximum absolute atomic E-state index is 12.8. The molecular weight excluding hydrogens is 1080 g/mol. The number of aromatic hydroxyl groups is 1. The first kappa shape index (κ1) is 56.4. The molecule has 0 spiro atoms. The lowest BCUT2D eigenvalue weighted by Gasteiger charge is -2.22. The maximum atomic E-state index is 12.8. The van der Waals surface area contributed by atoms with Gasteiger partial charge in [-0.3, -0.25) is 0 Å². The van der Waals surface area contributed by atoms with Crippen molar-refractivity contribution in [1.29, 1.82) is 0 Å². The van der Waals surface area contributed by atoms with Gasteiger partial charge in [-0.25, -0.2) is 60.2 Å². The van der Waals surface area contributed by atoms with Crippen LogP contribution in [0.5, 0.6) is 17.2 Å². The minimum Gasteiger partial charge on any atom is -0.508 e. The largest absolute Gasteiger partial charge is 0.508 e. The van der Waals surface area contributed by atoms with E-state index < -0.39 is 70.4 Å². The Morgan fingerprint density at radius 3 is 1.25 bits per heavy atom. The van der Waals surface area contributed by atoms with Crippen LogP contribution in [0.2, 0.25) is 0 Å². The summed E-state index contributed by atoms with van der Waals surface area (Å²) in [7, 11) is -22.6. The van der Waals surface area contributed by atoms with Crippen LogP contribution in [0.4, 0.5) is 10.0 Å². The highest BCUT2D eigenvalue weighted by Crippen LogP contribution is 2.37. The van der Waals surface area contributed by atoms with Crippen LogP contribution in [0.1, 0.15) is 32.6 Å². The van der Waals surface area contributed by atoms with Gasteiger partial charge in [-0.15, -0.1) is 34.0 Å². The fraction of sp³-hybridized carbons (Fsp3) is 0.238. The first-order chi connectivity index (χ1) is 31.6. The number of nitrogens with zero attached hydrogens (tertiary/aromatic N) is 2. The Morgan fingerprint density at radius 1 is 0.536 bits per heavy atom. The molecule has 0 aliphatic heterocycles. The highest BCUT2D eigenvalue weighted by atomic mass is 32.2. The van der Waals surface area contributed by atoms with Crippen LogP contribution in [0.3, 0.4) is 0 Å². The van der Waals surface area contributed by atoms with Gasteiger partial charge in [-0.1, -0.05) is 0 Å². The van der Waals surface area contributed by atoms with Gasteiger partial charge in [0.05, 0.1) is 49.1 Å². The summed E-state index contributed by atoms with van der Waals surface area (Å²) in [5.41, 5.74) is 4.88. The molecule has 6 aromatic rings. The van der Waals surface area contributed by atoms with Crippen LogP contribution < -0.4 is 15.2 Å². The van der Waals surface area contributed by atoms with Gasteiger partial charge in [0.25, 0.3) is 0 Å². The van der Waals surface area contributed by atoms with Crippen LogP contribution in [0.25, 0.3) is 9.69 Å². The molecule has 0 saturated heterocycles. The summed E-state index contributed by atoms with van der Waals surface area (Å²) in [6, 6.07) is 18.9. The highest BCUT2D eigenvalue weighted by Gasteiger charge is 2.27. The highest BCUT2D eigenvalue weighted by molar-refractivity contribution is 7.94. The molecule has 6 rings (SSSR count). The number of phenols is 1. The minimum atomic E-state index is -3.98. The topological polar surface area (TPSA) is 278 Å². The number of hydrogen-bond donors (Lipinski definition) is 2. The number of hydrogen-bond acceptors (Lipinski definition) is 19. The predicted molar refractivity (Wildman–Crippen MR) is 262 cm³/mol. The SMILES string of the molecule is CCOc1cc(S(C)(=O)=O)cc(S(=O)(=O)c2ccc(CN)s2)c1.[C-]#[N+]c1ccc(S(=O)(=O)c2cc(O)cc(S(C)(=O)=O)c2)s1.[C-]#[N+]c1ccc(S(=O)(=O)c2cc(OC(C)(C)C)cc(S(C)(=O)=O)c2)s1. The van der Waals surface area contributed by atoms with Crippen LogP contribution >= 0.6 is 34.0 Å². The van der Waals surface area contributed by atoms with Gasteiger partial charge in [-0.05, 0) is 119 Å². The molecule has 3 aromatic heterocycles. The van der Waals surface area contributed by atoms with E-state index in [1.807, 2.05) is 0 Å². The van der Waals surface area contributed by atoms with Crippen molar-refractivity contribution in [3.63, 3.8) is 0 Å². The van der Waals surface area contributed by atoms with Crippen LogP contribution in [0.15, 0.2) is 133 Å². The molecule has 0 saturated carbocycles. The van der Waals surface area contributed by atoms with E-state index in [-0.39, 0.29) is 70.0 Å². The van der Waals surface area contributed by atoms with Crippen molar-refractivity contribution in [3.05, 3.63) is 119 Å². The van der Waals surface area contributed by atoms with Gasteiger partial charge in [0.15, 0.2) is 29.5 Å². The average Bonchev–Trinajstić information content (AvgIpc) is 4.05. The van der Waals surface area contributed by atoms with Crippen LogP contribution in [-0.4, -0.2) is 86.6 Å². The van der Waals surface area contributed by atoms with Gasteiger partial charge in [0.2, 0.25) is 39.5 Å². The number of benzene rings is 3. The zero-order chi connectivity index (χ0) is 52.1. The third kappa shape index (κ3) is 14.7. The Kier molecular flexibility index (Phi) is 17.5. The summed E-state index contributed by atoms with van der Waals surface area (Å²) < 4.78 is 157. The van der Waals surface area contributed by atoms with Crippen molar-refractivity contribution in [2.45, 2.75) is 81.8 Å². The number of sulfone groups is 6. The number of ether oxygens (including phenoxy) is 2. The molecule has 3 N–H and O–H groups in total. The van der Waals surface area contributed by atoms with E-state index in [1.165, 1.54) is 54.6 Å². The Bertz CT molecular complexity index is 3690. The molecular formula is C42H43N3O15S9. The molecule has 0 fully saturated rings. The molecule has 0 aliphatic carbocycles. The van der Waals surface area contributed by atoms with E-state index >= 15 is 0 Å². The number of phenolic OH excluding ortho intramolecular Hbond substituents is 1. The Labute approximate surface area is 413 Å². The van der Waals surface area contributed by atoms with Gasteiger partial charge >= 0.3 is 0 Å². The molecule has 0 bridgehead atoms. The van der Waals surface area contributed by atoms with Gasteiger partial charge in [0, 0.05) is 30.2 Å². The molecule has 0 aliphatic rings. The van der Waals surface area contributed by atoms with Crippen LogP contribution in [0, 0.1) is 13.1 Å². The normalized spacial score (nSPS) is 12.3. The zero-order valence-corrected chi connectivity index (χ0v) is 44.7. The van der Waals surface area contributed by atoms with Crippen molar-refractivity contribution in [2.24, 2.45) is 5.73 Å². The van der Waals surface area contributed by atoms with Crippen molar-refractivity contribution in [2.75, 3.05) is 25.4 Å². The van der Waals surface area contributed by atoms with Crippen molar-refractivity contribution in [3.8, 4) is 17.2 Å². The van der Waals surface area contributed by atoms with E-state index in [0.717, 1.165) is 88.0 Å². The second kappa shape index (κ2) is 21.4. The third-order valence-electron chi connectivity index (χ3n) is 8.51. The fourth-order valence-electron chi connectivity index (χ4n) is 5.41. The summed E-state index contributed by atoms with van der Waals surface area (Å²) in [5, 5.41) is 9.99. The zero-order valence-electron chi connectivity index (χ0n) is 37.4. The molecule has 69 heavy (non-hydrogen) atoms. The molecule has 0 atom stereocenters. The van der Waals surface area contributed by atoms with Crippen molar-refractivity contribution >= 4 is 103 Å². The summed E-state index contributed by atoms with van der Waals surface area (Å²) in [6.07, 6.45) is 2.94. The average molecular weight is 1120 g/mol. The molecule has 370 valence electrons. The van der Waals surface area contributed by atoms with Gasteiger partial charge < -0.3 is 20.3 Å². The molecule has 27 heteroatoms. The van der Waals surface area contributed by atoms with E-state index in [0.29, 0.717) is 6.61 Å². The minimum absolute atomic E-state index is 0.0224. The van der Waals surface area contributed by atoms with Crippen molar-refractivity contribution in [1.82, 2.24) is 0 Å². The fourth-order valence-corrected chi connectivity index (χ4v) is 15.4. The molecule has 0 amide bonds. The summed E-state index contributed by atoms with van der Waals surface area (Å²) in [6.45, 7) is 21.4. The van der Waals surface area contributed by atoms with E-state index in [4.69, 9.17) is 28.4 Å². The quantitative estimate of drug-likeness (QED) is 0.104. The Hall–Kier alpha value is -5.20. The number of rotatable bonds is 13. The Balaban J connectivity index is 0.000000226. The number of thiophene rings is 3. The molecule has 0 unspecified atom stereocenters. The second-order valence-corrected chi connectivity index (χ2v) is 31.1. The maximum Gasteiger partial charge on any atom is 0.242 e. The van der Waals surface area contributed by atoms with E-state index in [1.54, 1.807) is 33.8 Å². The standard InChI is InChI=1S/C16H17NO5S3.C14H17NO5S3.C12H9NO5S3/c1-16(2,3)22-11-8-12(24(5,18)19)10-13(9-11)25(20,21)15-7-6-14(17-4)23-15;1-3-20-10-6-12(22(2,16)17)8-13(7-10)23(18,19)14-5-4-11(9-15)21-14;1-13-11-3-4-12(19-11)21(17,18)10-6-8(14)5-9(7-10)20(2,15)16/h6-10H,1-3,5H3;4-8H,3,9,15H2,1-2H3;3-7,14H,2H3. The first-order valence-electron chi connectivity index (χ1n) is 19.2. The van der Waals surface area contributed by atoms with Crippen molar-refractivity contribution < 1.29 is 65.1 Å². The summed E-state index contributed by atoms with van der Waals surface area (Å²) in [5.74, 6) is -0.112. The monoisotopic (exact) mass is 1120 g/mol. The van der Waals surface area contributed by atoms with Gasteiger partial charge in [0.1, 0.15) is 35.5 Å². The molecule has 18 nitrogen and oxygen atoms in total. The summed E-state index contributed by atoms with van der Waals surface area (Å²) >= 11 is 2.68. The smallest absolute Gasteiger partial charge is 0.242 e. The Morgan fingerprint density at radius 2 is 0.884 bits per heavy atom. The van der Waals surface area contributed by atoms with Crippen LogP contribution in [-0.2, 0) is 65.6 Å². The summed E-state index contributed by atoms with van der Waals surface area (Å²) in [4.78, 5) is 5.90. The lowest BCUT2D eigenvalue weighted by molar-refractivity contribution is 0.130. The molecule has 3 aromatic carbocycles. The van der Waals surface area contributed by atoms with Gasteiger partial charge in [-0.2, -0.15) is 0 Å². The second-order valence-electron chi connectivity index (χ2n) is 15.3. The number of nitrogens with two attached hydrogens (primary N) is 1. The predicted octanol–water partition coefficient (Wildman–Crippen LogP) is 7.80. The lowest BCUT2D eigenvalue weighted by Crippen LogP contribution is -2.23. The van der Waals surface area contributed by atoms with E-state index in [2.05, 4.69) is 9.69 Å². The first-order valence-corrected chi connectivity index (χ1v) is 31.8.